The molecule has 0 bridgehead atoms. The van der Waals surface area contributed by atoms with E-state index in [9.17, 15) is 23.6 Å². The molecule has 2 atom stereocenters. The molecule has 0 saturated carbocycles. The molecule has 1 unspecified atom stereocenters. The van der Waals surface area contributed by atoms with Crippen molar-refractivity contribution in [2.24, 2.45) is 5.92 Å². The minimum absolute atomic E-state index is 0.0800. The third-order valence-electron chi connectivity index (χ3n) is 12.0. The minimum atomic E-state index is -0.971. The molecule has 4 amide bonds. The van der Waals surface area contributed by atoms with Gasteiger partial charge >= 0.3 is 0 Å². The number of carbonyl (C=O) groups is 4. The highest BCUT2D eigenvalue weighted by molar-refractivity contribution is 6.23. The molecule has 4 saturated heterocycles. The molecule has 0 spiro atoms. The molecule has 2 aromatic carbocycles. The number of benzene rings is 2. The molecule has 290 valence electrons. The first-order valence-electron chi connectivity index (χ1n) is 19.7. The van der Waals surface area contributed by atoms with Crippen molar-refractivity contribution in [1.82, 2.24) is 34.7 Å². The molecule has 0 radical (unpaired) electrons. The van der Waals surface area contributed by atoms with Crippen LogP contribution in [0.3, 0.4) is 0 Å². The Labute approximate surface area is 327 Å². The topological polar surface area (TPSA) is 140 Å². The Morgan fingerprint density at radius 2 is 1.56 bits per heavy atom. The Balaban J connectivity index is 0.739. The third kappa shape index (κ3) is 6.45. The number of halogens is 1. The summed E-state index contributed by atoms with van der Waals surface area (Å²) < 4.78 is 15.8. The van der Waals surface area contributed by atoms with E-state index in [-0.39, 0.29) is 24.7 Å². The van der Waals surface area contributed by atoms with Gasteiger partial charge in [0, 0.05) is 70.4 Å². The SMILES string of the molecule is O=C1CCC(N2C(=O)c3ccc(N4CC(CN5CCN(c6cccc(-c7cn8nc(N9CCC[C@@H]9c9cccc(F)c9)ccc8n7)n6)CC5)C4)cc3C2=O)C(=O)N1. The number of aromatic nitrogens is 4. The van der Waals surface area contributed by atoms with Gasteiger partial charge in [0.05, 0.1) is 29.1 Å². The number of anilines is 3. The lowest BCUT2D eigenvalue weighted by Crippen LogP contribution is -2.55. The number of carbonyl (C=O) groups excluding carboxylic acids is 4. The first-order valence-corrected chi connectivity index (χ1v) is 19.7. The van der Waals surface area contributed by atoms with E-state index < -0.39 is 29.7 Å². The summed E-state index contributed by atoms with van der Waals surface area (Å²) in [7, 11) is 0. The molecule has 1 N–H and O–H groups in total. The number of imide groups is 2. The molecule has 57 heavy (non-hydrogen) atoms. The number of nitrogens with one attached hydrogen (secondary N) is 1. The van der Waals surface area contributed by atoms with Gasteiger partial charge in [0.2, 0.25) is 11.8 Å². The normalized spacial score (nSPS) is 21.8. The molecule has 3 aromatic heterocycles. The molecule has 5 aliphatic rings. The van der Waals surface area contributed by atoms with Gasteiger partial charge < -0.3 is 14.7 Å². The van der Waals surface area contributed by atoms with Crippen molar-refractivity contribution in [3.05, 3.63) is 102 Å². The average Bonchev–Trinajstić information content (AvgIpc) is 3.93. The van der Waals surface area contributed by atoms with Crippen LogP contribution in [-0.4, -0.2) is 111 Å². The first kappa shape index (κ1) is 35.2. The lowest BCUT2D eigenvalue weighted by molar-refractivity contribution is -0.136. The second kappa shape index (κ2) is 14.1. The second-order valence-corrected chi connectivity index (χ2v) is 15.6. The maximum Gasteiger partial charge on any atom is 0.262 e. The predicted octanol–water partition coefficient (Wildman–Crippen LogP) is 3.93. The summed E-state index contributed by atoms with van der Waals surface area (Å²) in [4.78, 5) is 70.6. The fourth-order valence-corrected chi connectivity index (χ4v) is 9.07. The summed E-state index contributed by atoms with van der Waals surface area (Å²) in [6.07, 6.45) is 4.12. The maximum atomic E-state index is 14.0. The molecular weight excluding hydrogens is 728 g/mol. The fraction of sp³-hybridized carbons (Fsp3) is 0.357. The number of pyridine rings is 1. The zero-order chi connectivity index (χ0) is 38.8. The van der Waals surface area contributed by atoms with E-state index in [1.54, 1.807) is 24.3 Å². The van der Waals surface area contributed by atoms with Gasteiger partial charge in [-0.05, 0) is 79.4 Å². The van der Waals surface area contributed by atoms with Crippen LogP contribution in [0, 0.1) is 11.7 Å². The molecule has 0 aliphatic carbocycles. The Morgan fingerprint density at radius 1 is 0.737 bits per heavy atom. The van der Waals surface area contributed by atoms with Crippen LogP contribution >= 0.6 is 0 Å². The van der Waals surface area contributed by atoms with Crippen LogP contribution < -0.4 is 20.0 Å². The van der Waals surface area contributed by atoms with E-state index >= 15 is 0 Å². The maximum absolute atomic E-state index is 14.0. The zero-order valence-electron chi connectivity index (χ0n) is 31.3. The number of rotatable bonds is 8. The van der Waals surface area contributed by atoms with Crippen molar-refractivity contribution in [2.75, 3.05) is 67.1 Å². The largest absolute Gasteiger partial charge is 0.371 e. The van der Waals surface area contributed by atoms with Crippen LogP contribution in [0.5, 0.6) is 0 Å². The molecule has 4 fully saturated rings. The highest BCUT2D eigenvalue weighted by Crippen LogP contribution is 2.36. The predicted molar refractivity (Wildman–Crippen MR) is 209 cm³/mol. The van der Waals surface area contributed by atoms with Crippen LogP contribution in [0.4, 0.5) is 21.7 Å². The van der Waals surface area contributed by atoms with Gasteiger partial charge in [-0.1, -0.05) is 18.2 Å². The molecular formula is C42H41FN10O4. The van der Waals surface area contributed by atoms with Crippen molar-refractivity contribution in [3.63, 3.8) is 0 Å². The fourth-order valence-electron chi connectivity index (χ4n) is 9.07. The van der Waals surface area contributed by atoms with Crippen LogP contribution in [-0.2, 0) is 9.59 Å². The summed E-state index contributed by atoms with van der Waals surface area (Å²) >= 11 is 0. The third-order valence-corrected chi connectivity index (χ3v) is 12.0. The Morgan fingerprint density at radius 3 is 2.39 bits per heavy atom. The van der Waals surface area contributed by atoms with Gasteiger partial charge in [0.15, 0.2) is 5.65 Å². The van der Waals surface area contributed by atoms with E-state index in [0.717, 1.165) is 110 Å². The van der Waals surface area contributed by atoms with E-state index in [2.05, 4.69) is 24.9 Å². The Bertz CT molecular complexity index is 2440. The van der Waals surface area contributed by atoms with Gasteiger partial charge in [0.25, 0.3) is 11.8 Å². The van der Waals surface area contributed by atoms with Crippen LogP contribution in [0.15, 0.2) is 79.0 Å². The number of nitrogens with zero attached hydrogens (tertiary/aromatic N) is 9. The summed E-state index contributed by atoms with van der Waals surface area (Å²) in [5, 5.41) is 7.16. The highest BCUT2D eigenvalue weighted by Gasteiger charge is 2.45. The second-order valence-electron chi connectivity index (χ2n) is 15.6. The Hall–Kier alpha value is -6.22. The molecule has 5 aliphatic heterocycles. The smallest absolute Gasteiger partial charge is 0.262 e. The van der Waals surface area contributed by atoms with Crippen molar-refractivity contribution < 1.29 is 23.6 Å². The minimum Gasteiger partial charge on any atom is -0.371 e. The number of imidazole rings is 1. The number of amides is 4. The standard InChI is InChI=1S/C42H41FN10O4/c43-28-5-1-4-27(20-28)34-7-3-15-51(34)38-13-12-37-45-33(25-52(37)47-38)32-6-2-8-36(44-32)49-18-16-48(17-19-49)22-26-23-50(24-26)29-9-10-30-31(21-29)42(57)53(41(30)56)35-11-14-39(54)46-40(35)55/h1-2,4-6,8-10,12-13,20-21,25-26,34-35H,3,7,11,14-19,22-24H2,(H,46,54,55)/t34-,35?/m1/s1. The molecule has 10 rings (SSSR count). The van der Waals surface area contributed by atoms with E-state index in [1.165, 1.54) is 6.07 Å². The number of hydrogen-bond donors (Lipinski definition) is 1. The number of fused-ring (bicyclic) bond motifs is 2. The van der Waals surface area contributed by atoms with Crippen molar-refractivity contribution in [1.29, 1.82) is 0 Å². The first-order chi connectivity index (χ1) is 27.8. The lowest BCUT2D eigenvalue weighted by Gasteiger charge is -2.45. The Kier molecular flexibility index (Phi) is 8.69. The van der Waals surface area contributed by atoms with Crippen molar-refractivity contribution in [2.45, 2.75) is 37.8 Å². The van der Waals surface area contributed by atoms with Crippen molar-refractivity contribution >= 4 is 46.6 Å². The monoisotopic (exact) mass is 768 g/mol. The quantitative estimate of drug-likeness (QED) is 0.230. The molecule has 14 nitrogen and oxygen atoms in total. The van der Waals surface area contributed by atoms with Gasteiger partial charge in [-0.3, -0.25) is 34.3 Å². The zero-order valence-corrected chi connectivity index (χ0v) is 31.3. The van der Waals surface area contributed by atoms with E-state index in [1.807, 2.05) is 53.2 Å². The molecule has 15 heteroatoms. The van der Waals surface area contributed by atoms with Gasteiger partial charge in [-0.15, -0.1) is 5.10 Å². The molecule has 5 aromatic rings. The summed E-state index contributed by atoms with van der Waals surface area (Å²) in [6.45, 7) is 7.08. The van der Waals surface area contributed by atoms with Crippen LogP contribution in [0.1, 0.15) is 58.0 Å². The summed E-state index contributed by atoms with van der Waals surface area (Å²) in [6, 6.07) is 21.3. The number of hydrogen-bond acceptors (Lipinski definition) is 11. The molecule has 8 heterocycles. The van der Waals surface area contributed by atoms with E-state index in [0.29, 0.717) is 17.0 Å². The highest BCUT2D eigenvalue weighted by atomic mass is 19.1. The van der Waals surface area contributed by atoms with Gasteiger partial charge in [-0.2, -0.15) is 0 Å². The van der Waals surface area contributed by atoms with Crippen LogP contribution in [0.2, 0.25) is 0 Å². The van der Waals surface area contributed by atoms with Gasteiger partial charge in [-0.25, -0.2) is 18.9 Å². The lowest BCUT2D eigenvalue weighted by atomic mass is 9.97. The van der Waals surface area contributed by atoms with E-state index in [4.69, 9.17) is 15.1 Å². The number of piperazine rings is 1. The van der Waals surface area contributed by atoms with Gasteiger partial charge in [0.1, 0.15) is 29.2 Å². The number of piperidine rings is 1. The average molecular weight is 769 g/mol. The summed E-state index contributed by atoms with van der Waals surface area (Å²) in [5.41, 5.74) is 4.73. The van der Waals surface area contributed by atoms with Crippen molar-refractivity contribution in [3.8, 4) is 11.4 Å². The van der Waals surface area contributed by atoms with Crippen LogP contribution in [0.25, 0.3) is 17.0 Å². The summed E-state index contributed by atoms with van der Waals surface area (Å²) in [5.74, 6) is 0.0390.